The number of nitrogens with one attached hydrogen (secondary N) is 1. The van der Waals surface area contributed by atoms with E-state index in [4.69, 9.17) is 5.73 Å². The molecule has 4 N–H and O–H groups in total. The molecule has 3 heteroatoms. The highest BCUT2D eigenvalue weighted by molar-refractivity contribution is 6.04. The van der Waals surface area contributed by atoms with E-state index in [2.05, 4.69) is 74.3 Å². The van der Waals surface area contributed by atoms with Crippen LogP contribution >= 0.6 is 0 Å². The number of rotatable bonds is 7. The van der Waals surface area contributed by atoms with E-state index in [1.165, 1.54) is 38.8 Å². The summed E-state index contributed by atoms with van der Waals surface area (Å²) in [4.78, 5) is 3.69. The van der Waals surface area contributed by atoms with Crippen molar-refractivity contribution < 1.29 is 5.11 Å². The predicted molar refractivity (Wildman–Crippen MR) is 132 cm³/mol. The zero-order chi connectivity index (χ0) is 22.0. The van der Waals surface area contributed by atoms with Gasteiger partial charge >= 0.3 is 0 Å². The van der Waals surface area contributed by atoms with Gasteiger partial charge in [-0.15, -0.1) is 0 Å². The summed E-state index contributed by atoms with van der Waals surface area (Å²) in [5.41, 5.74) is 16.4. The summed E-state index contributed by atoms with van der Waals surface area (Å²) in [5.74, 6) is 0.394. The highest BCUT2D eigenvalue weighted by atomic mass is 16.3. The van der Waals surface area contributed by atoms with Gasteiger partial charge in [0.2, 0.25) is 0 Å². The van der Waals surface area contributed by atoms with Crippen molar-refractivity contribution in [3.05, 3.63) is 76.9 Å². The molecule has 0 aliphatic heterocycles. The summed E-state index contributed by atoms with van der Waals surface area (Å²) in [7, 11) is 0. The normalized spacial score (nSPS) is 11.4. The quantitative estimate of drug-likeness (QED) is 0.297. The number of aryl methyl sites for hydroxylation is 2. The Balaban J connectivity index is 1.99. The number of unbranched alkanes of at least 4 members (excludes halogenated alkanes) is 1. The molecule has 0 aliphatic carbocycles. The Bertz CT molecular complexity index is 1200. The van der Waals surface area contributed by atoms with Crippen molar-refractivity contribution in [3.8, 4) is 28.1 Å². The molecule has 0 spiro atoms. The van der Waals surface area contributed by atoms with Gasteiger partial charge in [0.25, 0.3) is 0 Å². The first-order chi connectivity index (χ1) is 15.0. The number of phenols is 1. The molecule has 0 unspecified atom stereocenters. The van der Waals surface area contributed by atoms with Crippen LogP contribution in [0.15, 0.2) is 54.6 Å². The lowest BCUT2D eigenvalue weighted by Gasteiger charge is -2.17. The molecular weight excluding hydrogens is 380 g/mol. The van der Waals surface area contributed by atoms with Crippen LogP contribution in [0.2, 0.25) is 0 Å². The number of hydrogen-bond donors (Lipinski definition) is 3. The fourth-order valence-corrected chi connectivity index (χ4v) is 4.80. The third kappa shape index (κ3) is 4.11. The molecule has 160 valence electrons. The van der Waals surface area contributed by atoms with Crippen molar-refractivity contribution in [1.82, 2.24) is 4.98 Å². The molecule has 0 bridgehead atoms. The maximum atomic E-state index is 10.7. The van der Waals surface area contributed by atoms with Crippen molar-refractivity contribution in [2.24, 2.45) is 5.73 Å². The molecule has 3 aromatic carbocycles. The summed E-state index contributed by atoms with van der Waals surface area (Å²) in [6.07, 6.45) is 3.67. The predicted octanol–water partition coefficient (Wildman–Crippen LogP) is 6.67. The highest BCUT2D eigenvalue weighted by Crippen LogP contribution is 2.42. The minimum absolute atomic E-state index is 0.394. The van der Waals surface area contributed by atoms with Crippen LogP contribution in [0.3, 0.4) is 0 Å². The van der Waals surface area contributed by atoms with Gasteiger partial charge < -0.3 is 15.8 Å². The number of hydrogen-bond acceptors (Lipinski definition) is 2. The molecule has 1 heterocycles. The Hall–Kier alpha value is -3.04. The van der Waals surface area contributed by atoms with Crippen LogP contribution in [0.5, 0.6) is 5.75 Å². The summed E-state index contributed by atoms with van der Waals surface area (Å²) in [6, 6.07) is 19.1. The number of para-hydroxylation sites is 1. The first-order valence-electron chi connectivity index (χ1n) is 11.3. The van der Waals surface area contributed by atoms with E-state index in [0.717, 1.165) is 42.5 Å². The summed E-state index contributed by atoms with van der Waals surface area (Å²) in [5, 5.41) is 11.9. The second-order valence-corrected chi connectivity index (χ2v) is 8.49. The van der Waals surface area contributed by atoms with E-state index in [-0.39, 0.29) is 0 Å². The van der Waals surface area contributed by atoms with Crippen molar-refractivity contribution in [3.63, 3.8) is 0 Å². The van der Waals surface area contributed by atoms with Gasteiger partial charge in [0, 0.05) is 16.5 Å². The van der Waals surface area contributed by atoms with Crippen molar-refractivity contribution in [2.75, 3.05) is 6.54 Å². The number of phenolic OH excluding ortho intramolecular Hbond substituents is 1. The Morgan fingerprint density at radius 2 is 1.65 bits per heavy atom. The SMILES string of the molecule is CCc1c(-c2c(-c3cc(C)cc(C)c3)[nH]c3ccccc23)ccc(O)c1CCCCN. The summed E-state index contributed by atoms with van der Waals surface area (Å²) in [6.45, 7) is 7.15. The molecule has 1 aromatic heterocycles. The van der Waals surface area contributed by atoms with Crippen LogP contribution in [0, 0.1) is 13.8 Å². The van der Waals surface area contributed by atoms with Crippen molar-refractivity contribution in [2.45, 2.75) is 46.5 Å². The van der Waals surface area contributed by atoms with Gasteiger partial charge in [0.15, 0.2) is 0 Å². The Labute approximate surface area is 184 Å². The lowest BCUT2D eigenvalue weighted by Crippen LogP contribution is -2.02. The number of aromatic amines is 1. The molecule has 0 aliphatic rings. The summed E-state index contributed by atoms with van der Waals surface area (Å²) >= 11 is 0. The molecule has 0 saturated heterocycles. The van der Waals surface area contributed by atoms with Crippen LogP contribution in [0.4, 0.5) is 0 Å². The van der Waals surface area contributed by atoms with Gasteiger partial charge in [0.1, 0.15) is 5.75 Å². The molecule has 0 saturated carbocycles. The minimum Gasteiger partial charge on any atom is -0.508 e. The van der Waals surface area contributed by atoms with Gasteiger partial charge in [-0.1, -0.05) is 48.4 Å². The average Bonchev–Trinajstić information content (AvgIpc) is 3.13. The molecule has 4 rings (SSSR count). The number of nitrogens with two attached hydrogens (primary N) is 1. The average molecular weight is 413 g/mol. The zero-order valence-electron chi connectivity index (χ0n) is 18.8. The number of aromatic hydroxyl groups is 1. The van der Waals surface area contributed by atoms with Crippen LogP contribution in [0.1, 0.15) is 42.0 Å². The molecule has 31 heavy (non-hydrogen) atoms. The van der Waals surface area contributed by atoms with E-state index in [1.54, 1.807) is 0 Å². The van der Waals surface area contributed by atoms with E-state index < -0.39 is 0 Å². The van der Waals surface area contributed by atoms with E-state index >= 15 is 0 Å². The van der Waals surface area contributed by atoms with E-state index in [0.29, 0.717) is 12.3 Å². The fraction of sp³-hybridized carbons (Fsp3) is 0.286. The third-order valence-corrected chi connectivity index (χ3v) is 6.13. The van der Waals surface area contributed by atoms with Gasteiger partial charge in [-0.25, -0.2) is 0 Å². The largest absolute Gasteiger partial charge is 0.508 e. The van der Waals surface area contributed by atoms with Crippen LogP contribution < -0.4 is 5.73 Å². The Morgan fingerprint density at radius 3 is 2.35 bits per heavy atom. The number of H-pyrrole nitrogens is 1. The Kier molecular flexibility index (Phi) is 6.15. The van der Waals surface area contributed by atoms with E-state index in [9.17, 15) is 5.11 Å². The van der Waals surface area contributed by atoms with Crippen LogP contribution in [0.25, 0.3) is 33.3 Å². The number of fused-ring (bicyclic) bond motifs is 1. The maximum Gasteiger partial charge on any atom is 0.119 e. The topological polar surface area (TPSA) is 62.0 Å². The molecule has 4 aromatic rings. The monoisotopic (exact) mass is 412 g/mol. The van der Waals surface area contributed by atoms with Gasteiger partial charge in [0.05, 0.1) is 5.69 Å². The zero-order valence-corrected chi connectivity index (χ0v) is 18.8. The smallest absolute Gasteiger partial charge is 0.119 e. The van der Waals surface area contributed by atoms with Crippen molar-refractivity contribution >= 4 is 10.9 Å². The van der Waals surface area contributed by atoms with Gasteiger partial charge in [-0.3, -0.25) is 0 Å². The molecule has 0 atom stereocenters. The maximum absolute atomic E-state index is 10.7. The minimum atomic E-state index is 0.394. The van der Waals surface area contributed by atoms with Crippen molar-refractivity contribution in [1.29, 1.82) is 0 Å². The first kappa shape index (κ1) is 21.2. The Morgan fingerprint density at radius 1 is 0.903 bits per heavy atom. The first-order valence-corrected chi connectivity index (χ1v) is 11.3. The van der Waals surface area contributed by atoms with Crippen LogP contribution in [-0.4, -0.2) is 16.6 Å². The van der Waals surface area contributed by atoms with Crippen LogP contribution in [-0.2, 0) is 12.8 Å². The lowest BCUT2D eigenvalue weighted by molar-refractivity contribution is 0.465. The molecule has 0 radical (unpaired) electrons. The molecule has 0 amide bonds. The second kappa shape index (κ2) is 8.99. The number of benzene rings is 3. The second-order valence-electron chi connectivity index (χ2n) is 8.49. The number of aromatic nitrogens is 1. The summed E-state index contributed by atoms with van der Waals surface area (Å²) < 4.78 is 0. The lowest BCUT2D eigenvalue weighted by atomic mass is 9.88. The molecule has 0 fully saturated rings. The van der Waals surface area contributed by atoms with Gasteiger partial charge in [-0.2, -0.15) is 0 Å². The standard InChI is InChI=1S/C28H32N2O/c1-4-21-22(9-7-8-14-29)26(31)13-12-23(21)27-24-10-5-6-11-25(24)30-28(27)20-16-18(2)15-19(3)17-20/h5-6,10-13,15-17,30-31H,4,7-9,14,29H2,1-3H3. The van der Waals surface area contributed by atoms with E-state index in [1.807, 2.05) is 6.07 Å². The van der Waals surface area contributed by atoms with Gasteiger partial charge in [-0.05, 0) is 92.6 Å². The molecule has 3 nitrogen and oxygen atoms in total. The highest BCUT2D eigenvalue weighted by Gasteiger charge is 2.20. The third-order valence-electron chi connectivity index (χ3n) is 6.13. The molecular formula is C28H32N2O. The fourth-order valence-electron chi connectivity index (χ4n) is 4.80.